The van der Waals surface area contributed by atoms with Crippen LogP contribution in [0.25, 0.3) is 0 Å². The van der Waals surface area contributed by atoms with Gasteiger partial charge in [0, 0.05) is 43.8 Å². The summed E-state index contributed by atoms with van der Waals surface area (Å²) in [6.07, 6.45) is 8.64. The van der Waals surface area contributed by atoms with E-state index in [4.69, 9.17) is 11.6 Å². The Balaban J connectivity index is 1.47. The third kappa shape index (κ3) is 4.45. The average molecular weight is 307 g/mol. The highest BCUT2D eigenvalue weighted by Crippen LogP contribution is 2.23. The Hall–Kier alpha value is -0.570. The van der Waals surface area contributed by atoms with E-state index in [1.54, 1.807) is 0 Å². The molecule has 0 radical (unpaired) electrons. The Labute approximate surface area is 134 Å². The first-order chi connectivity index (χ1) is 10.3. The second-order valence-corrected chi connectivity index (χ2v) is 7.02. The third-order valence-electron chi connectivity index (χ3n) is 5.07. The fourth-order valence-corrected chi connectivity index (χ4v) is 3.88. The van der Waals surface area contributed by atoms with Gasteiger partial charge in [0.05, 0.1) is 0 Å². The summed E-state index contributed by atoms with van der Waals surface area (Å²) >= 11 is 5.95. The zero-order chi connectivity index (χ0) is 14.5. The van der Waals surface area contributed by atoms with Crippen molar-refractivity contribution in [3.63, 3.8) is 0 Å². The molecule has 3 rings (SSSR count). The lowest BCUT2D eigenvalue weighted by Crippen LogP contribution is -2.49. The largest absolute Gasteiger partial charge is 0.298 e. The standard InChI is InChI=1S/C18H27ClN2/c19-17-9-7-16(8-10-17)15-20-11-13-21(14-12-20)18-5-3-1-2-4-6-18/h7-10,18H,1-6,11-15H2. The maximum absolute atomic E-state index is 5.95. The van der Waals surface area contributed by atoms with E-state index >= 15 is 0 Å². The van der Waals surface area contributed by atoms with Gasteiger partial charge in [-0.15, -0.1) is 0 Å². The highest BCUT2D eigenvalue weighted by Gasteiger charge is 2.24. The summed E-state index contributed by atoms with van der Waals surface area (Å²) in [6, 6.07) is 9.17. The van der Waals surface area contributed by atoms with Gasteiger partial charge < -0.3 is 0 Å². The number of benzene rings is 1. The maximum atomic E-state index is 5.95. The first-order valence-electron chi connectivity index (χ1n) is 8.52. The summed E-state index contributed by atoms with van der Waals surface area (Å²) in [5.74, 6) is 0. The van der Waals surface area contributed by atoms with Gasteiger partial charge >= 0.3 is 0 Å². The number of piperazine rings is 1. The second kappa shape index (κ2) is 7.62. The van der Waals surface area contributed by atoms with Gasteiger partial charge in [-0.25, -0.2) is 0 Å². The molecule has 3 heteroatoms. The van der Waals surface area contributed by atoms with Crippen LogP contribution in [-0.4, -0.2) is 42.0 Å². The van der Waals surface area contributed by atoms with E-state index < -0.39 is 0 Å². The van der Waals surface area contributed by atoms with Gasteiger partial charge in [-0.05, 0) is 30.5 Å². The van der Waals surface area contributed by atoms with Crippen LogP contribution in [-0.2, 0) is 6.54 Å². The van der Waals surface area contributed by atoms with Crippen molar-refractivity contribution in [2.24, 2.45) is 0 Å². The molecule has 1 saturated carbocycles. The van der Waals surface area contributed by atoms with Crippen LogP contribution in [0.4, 0.5) is 0 Å². The summed E-state index contributed by atoms with van der Waals surface area (Å²) < 4.78 is 0. The van der Waals surface area contributed by atoms with Gasteiger partial charge in [0.15, 0.2) is 0 Å². The Bertz CT molecular complexity index is 415. The zero-order valence-electron chi connectivity index (χ0n) is 12.9. The van der Waals surface area contributed by atoms with Gasteiger partial charge in [0.2, 0.25) is 0 Å². The fraction of sp³-hybridized carbons (Fsp3) is 0.667. The van der Waals surface area contributed by atoms with Gasteiger partial charge in [0.25, 0.3) is 0 Å². The molecule has 0 aromatic heterocycles. The molecule has 0 atom stereocenters. The molecule has 1 saturated heterocycles. The van der Waals surface area contributed by atoms with Gasteiger partial charge in [-0.2, -0.15) is 0 Å². The molecular formula is C18H27ClN2. The first-order valence-corrected chi connectivity index (χ1v) is 8.90. The van der Waals surface area contributed by atoms with E-state index in [2.05, 4.69) is 21.9 Å². The predicted molar refractivity (Wildman–Crippen MR) is 89.8 cm³/mol. The van der Waals surface area contributed by atoms with Crippen molar-refractivity contribution >= 4 is 11.6 Å². The molecule has 0 bridgehead atoms. The van der Waals surface area contributed by atoms with Crippen molar-refractivity contribution in [1.82, 2.24) is 9.80 Å². The van der Waals surface area contributed by atoms with Crippen LogP contribution >= 0.6 is 11.6 Å². The van der Waals surface area contributed by atoms with E-state index in [0.29, 0.717) is 0 Å². The normalized spacial score (nSPS) is 23.1. The van der Waals surface area contributed by atoms with Crippen molar-refractivity contribution in [2.45, 2.75) is 51.1 Å². The van der Waals surface area contributed by atoms with Crippen LogP contribution in [0.3, 0.4) is 0 Å². The van der Waals surface area contributed by atoms with Crippen molar-refractivity contribution in [2.75, 3.05) is 26.2 Å². The number of halogens is 1. The molecule has 2 nitrogen and oxygen atoms in total. The molecule has 116 valence electrons. The fourth-order valence-electron chi connectivity index (χ4n) is 3.76. The summed E-state index contributed by atoms with van der Waals surface area (Å²) in [5.41, 5.74) is 1.38. The average Bonchev–Trinajstić information content (AvgIpc) is 2.80. The van der Waals surface area contributed by atoms with Crippen LogP contribution in [0.2, 0.25) is 5.02 Å². The maximum Gasteiger partial charge on any atom is 0.0406 e. The monoisotopic (exact) mass is 306 g/mol. The molecule has 21 heavy (non-hydrogen) atoms. The number of rotatable bonds is 3. The topological polar surface area (TPSA) is 6.48 Å². The summed E-state index contributed by atoms with van der Waals surface area (Å²) in [5, 5.41) is 0.830. The van der Waals surface area contributed by atoms with Crippen LogP contribution in [0.1, 0.15) is 44.1 Å². The molecule has 1 aliphatic carbocycles. The lowest BCUT2D eigenvalue weighted by Gasteiger charge is -2.39. The van der Waals surface area contributed by atoms with E-state index in [1.807, 2.05) is 12.1 Å². The van der Waals surface area contributed by atoms with E-state index in [9.17, 15) is 0 Å². The Morgan fingerprint density at radius 2 is 1.48 bits per heavy atom. The van der Waals surface area contributed by atoms with Crippen molar-refractivity contribution in [3.8, 4) is 0 Å². The minimum absolute atomic E-state index is 0.830. The number of hydrogen-bond acceptors (Lipinski definition) is 2. The van der Waals surface area contributed by atoms with Crippen molar-refractivity contribution in [3.05, 3.63) is 34.9 Å². The Morgan fingerprint density at radius 1 is 0.857 bits per heavy atom. The minimum Gasteiger partial charge on any atom is -0.298 e. The summed E-state index contributed by atoms with van der Waals surface area (Å²) in [4.78, 5) is 5.33. The molecule has 1 aromatic carbocycles. The number of nitrogens with zero attached hydrogens (tertiary/aromatic N) is 2. The lowest BCUT2D eigenvalue weighted by atomic mass is 10.1. The van der Waals surface area contributed by atoms with E-state index in [-0.39, 0.29) is 0 Å². The van der Waals surface area contributed by atoms with Crippen LogP contribution < -0.4 is 0 Å². The first kappa shape index (κ1) is 15.3. The van der Waals surface area contributed by atoms with E-state index in [1.165, 1.54) is 70.3 Å². The molecule has 1 heterocycles. The lowest BCUT2D eigenvalue weighted by molar-refractivity contribution is 0.0851. The molecule has 0 spiro atoms. The van der Waals surface area contributed by atoms with Crippen molar-refractivity contribution in [1.29, 1.82) is 0 Å². The minimum atomic E-state index is 0.830. The molecule has 1 aromatic rings. The van der Waals surface area contributed by atoms with Gasteiger partial charge in [-0.1, -0.05) is 49.4 Å². The van der Waals surface area contributed by atoms with Gasteiger partial charge in [0.1, 0.15) is 0 Å². The Morgan fingerprint density at radius 3 is 2.10 bits per heavy atom. The van der Waals surface area contributed by atoms with Crippen molar-refractivity contribution < 1.29 is 0 Å². The molecule has 2 fully saturated rings. The second-order valence-electron chi connectivity index (χ2n) is 6.58. The van der Waals surface area contributed by atoms with Gasteiger partial charge in [-0.3, -0.25) is 9.80 Å². The van der Waals surface area contributed by atoms with Crippen LogP contribution in [0, 0.1) is 0 Å². The smallest absolute Gasteiger partial charge is 0.0406 e. The van der Waals surface area contributed by atoms with Crippen LogP contribution in [0.15, 0.2) is 24.3 Å². The molecular weight excluding hydrogens is 280 g/mol. The molecule has 0 amide bonds. The Kier molecular flexibility index (Phi) is 5.56. The zero-order valence-corrected chi connectivity index (χ0v) is 13.7. The summed E-state index contributed by atoms with van der Waals surface area (Å²) in [7, 11) is 0. The highest BCUT2D eigenvalue weighted by molar-refractivity contribution is 6.30. The highest BCUT2D eigenvalue weighted by atomic mass is 35.5. The van der Waals surface area contributed by atoms with E-state index in [0.717, 1.165) is 17.6 Å². The summed E-state index contributed by atoms with van der Waals surface area (Å²) in [6.45, 7) is 5.98. The predicted octanol–water partition coefficient (Wildman–Crippen LogP) is 4.18. The number of hydrogen-bond donors (Lipinski definition) is 0. The third-order valence-corrected chi connectivity index (χ3v) is 5.32. The quantitative estimate of drug-likeness (QED) is 0.773. The molecule has 1 aliphatic heterocycles. The molecule has 0 N–H and O–H groups in total. The molecule has 0 unspecified atom stereocenters. The molecule has 2 aliphatic rings. The van der Waals surface area contributed by atoms with Crippen LogP contribution in [0.5, 0.6) is 0 Å². The SMILES string of the molecule is Clc1ccc(CN2CCN(C3CCCCCC3)CC2)cc1.